The van der Waals surface area contributed by atoms with E-state index in [2.05, 4.69) is 95.8 Å². The van der Waals surface area contributed by atoms with Gasteiger partial charge in [-0.1, -0.05) is 25.8 Å². The van der Waals surface area contributed by atoms with E-state index >= 15 is 0 Å². The summed E-state index contributed by atoms with van der Waals surface area (Å²) in [5, 5.41) is 8.39. The predicted molar refractivity (Wildman–Crippen MR) is 262 cm³/mol. The number of hydrogen-bond acceptors (Lipinski definition) is 12. The third kappa shape index (κ3) is 9.83. The highest BCUT2D eigenvalue weighted by Gasteiger charge is 2.45. The summed E-state index contributed by atoms with van der Waals surface area (Å²) in [6.45, 7) is 18.6. The van der Waals surface area contributed by atoms with Crippen LogP contribution in [0.25, 0.3) is 33.4 Å². The normalized spacial score (nSPS) is 24.0. The van der Waals surface area contributed by atoms with Gasteiger partial charge in [0.15, 0.2) is 0 Å². The second kappa shape index (κ2) is 19.3. The van der Waals surface area contributed by atoms with Crippen LogP contribution < -0.4 is 10.7 Å². The summed E-state index contributed by atoms with van der Waals surface area (Å²) >= 11 is 1.46. The fourth-order valence-electron chi connectivity index (χ4n) is 10.9. The first-order valence-electron chi connectivity index (χ1n) is 24.5. The molecular weight excluding hydrogens is 879 g/mol. The van der Waals surface area contributed by atoms with E-state index in [-0.39, 0.29) is 54.4 Å². The molecule has 1 aromatic carbocycles. The molecule has 16 heteroatoms. The van der Waals surface area contributed by atoms with Crippen molar-refractivity contribution in [3.8, 4) is 34.4 Å². The number of fused-ring (bicyclic) bond motifs is 6. The molecule has 8 heterocycles. The van der Waals surface area contributed by atoms with E-state index in [1.54, 1.807) is 13.3 Å². The number of aromatic nitrogens is 3. The zero-order chi connectivity index (χ0) is 48.0. The fraction of sp³-hybridized carbons (Fsp3) is 0.577. The third-order valence-corrected chi connectivity index (χ3v) is 15.8. The number of ether oxygens (including phenoxy) is 2. The van der Waals surface area contributed by atoms with Crippen molar-refractivity contribution >= 4 is 45.9 Å². The number of methoxy groups -OCH3 is 1. The van der Waals surface area contributed by atoms with Crippen molar-refractivity contribution in [3.05, 3.63) is 58.2 Å². The van der Waals surface area contributed by atoms with Crippen molar-refractivity contribution in [2.75, 3.05) is 66.1 Å². The largest absolute Gasteiger partial charge is 0.464 e. The van der Waals surface area contributed by atoms with E-state index < -0.39 is 23.5 Å². The summed E-state index contributed by atoms with van der Waals surface area (Å²) in [5.41, 5.74) is 9.12. The Labute approximate surface area is 404 Å². The average molecular weight is 946 g/mol. The number of carbonyl (C=O) groups is 4. The Balaban J connectivity index is 0.974. The molecule has 9 rings (SSSR count). The van der Waals surface area contributed by atoms with Crippen LogP contribution in [0, 0.1) is 22.7 Å². The first kappa shape index (κ1) is 47.9. The van der Waals surface area contributed by atoms with E-state index in [0.29, 0.717) is 57.0 Å². The van der Waals surface area contributed by atoms with Gasteiger partial charge in [0.25, 0.3) is 11.8 Å². The number of carbonyl (C=O) groups excluding carboxylic acids is 4. The van der Waals surface area contributed by atoms with E-state index in [4.69, 9.17) is 19.4 Å². The minimum absolute atomic E-state index is 0.0943. The van der Waals surface area contributed by atoms with Gasteiger partial charge in [-0.15, -0.1) is 11.3 Å². The maximum Gasteiger partial charge on any atom is 0.324 e. The number of pyridine rings is 1. The lowest BCUT2D eigenvalue weighted by Crippen LogP contribution is -2.61. The number of rotatable bonds is 8. The van der Waals surface area contributed by atoms with Crippen LogP contribution in [-0.4, -0.2) is 142 Å². The molecule has 15 nitrogen and oxygen atoms in total. The molecule has 1 spiro atoms. The smallest absolute Gasteiger partial charge is 0.324 e. The molecule has 0 aliphatic carbocycles. The van der Waals surface area contributed by atoms with Crippen molar-refractivity contribution < 1.29 is 28.7 Å². The summed E-state index contributed by atoms with van der Waals surface area (Å²) in [6, 6.07) is 8.87. The van der Waals surface area contributed by atoms with E-state index in [9.17, 15) is 19.2 Å². The molecule has 4 atom stereocenters. The number of hydrogen-bond donors (Lipinski definition) is 2. The van der Waals surface area contributed by atoms with Gasteiger partial charge in [-0.3, -0.25) is 39.0 Å². The molecule has 5 aliphatic rings. The van der Waals surface area contributed by atoms with Crippen LogP contribution >= 0.6 is 11.3 Å². The molecule has 0 saturated carbocycles. The number of benzene rings is 1. The number of likely N-dealkylation sites (tertiary alicyclic amines) is 3. The zero-order valence-electron chi connectivity index (χ0n) is 40.8. The summed E-state index contributed by atoms with van der Waals surface area (Å²) in [5.74, 6) is 5.04. The van der Waals surface area contributed by atoms with E-state index in [0.717, 1.165) is 77.2 Å². The molecule has 2 N–H and O–H groups in total. The van der Waals surface area contributed by atoms with Gasteiger partial charge in [-0.25, -0.2) is 10.4 Å². The molecule has 68 heavy (non-hydrogen) atoms. The first-order chi connectivity index (χ1) is 32.6. The minimum Gasteiger partial charge on any atom is -0.464 e. The number of thiazole rings is 1. The molecule has 3 aromatic heterocycles. The molecule has 5 aliphatic heterocycles. The maximum absolute atomic E-state index is 14.5. The van der Waals surface area contributed by atoms with Crippen LogP contribution in [0.5, 0.6) is 0 Å². The van der Waals surface area contributed by atoms with Gasteiger partial charge in [-0.05, 0) is 109 Å². The Hall–Kier alpha value is -5.18. The SMILES string of the molecule is CCn1c(-c2cccnc2[C@H](C)OC)c2c3cc(ccc31)-c1csc(n1)C[C@H](NC(=O)CN1CC[C@@]3(CCN(C(=O)C#CC(C)(C)N4CCC4)C3)C1)C(=O)N1CCC[C@H](N1)C(=O)OCC(C)(C)C2. The van der Waals surface area contributed by atoms with Crippen molar-refractivity contribution in [3.63, 3.8) is 0 Å². The van der Waals surface area contributed by atoms with Crippen molar-refractivity contribution in [2.45, 2.75) is 117 Å². The summed E-state index contributed by atoms with van der Waals surface area (Å²) < 4.78 is 14.3. The number of nitrogens with one attached hydrogen (secondary N) is 2. The second-order valence-electron chi connectivity index (χ2n) is 20.9. The molecule has 4 saturated heterocycles. The van der Waals surface area contributed by atoms with Gasteiger partial charge in [-0.2, -0.15) is 0 Å². The Morgan fingerprint density at radius 3 is 2.66 bits per heavy atom. The highest BCUT2D eigenvalue weighted by molar-refractivity contribution is 7.10. The Bertz CT molecular complexity index is 2640. The Morgan fingerprint density at radius 2 is 1.90 bits per heavy atom. The summed E-state index contributed by atoms with van der Waals surface area (Å²) in [6.07, 6.45) is 6.36. The molecular formula is C52H67N9O6S. The predicted octanol–water partition coefficient (Wildman–Crippen LogP) is 5.61. The Morgan fingerprint density at radius 1 is 1.09 bits per heavy atom. The van der Waals surface area contributed by atoms with Crippen LogP contribution in [0.15, 0.2) is 41.9 Å². The third-order valence-electron chi connectivity index (χ3n) is 14.9. The lowest BCUT2D eigenvalue weighted by atomic mass is 9.84. The summed E-state index contributed by atoms with van der Waals surface area (Å²) in [7, 11) is 1.70. The fourth-order valence-corrected chi connectivity index (χ4v) is 11.7. The molecule has 4 aromatic rings. The van der Waals surface area contributed by atoms with Gasteiger partial charge in [0.05, 0.1) is 46.9 Å². The van der Waals surface area contributed by atoms with Gasteiger partial charge in [0.2, 0.25) is 5.91 Å². The molecule has 0 radical (unpaired) electrons. The lowest BCUT2D eigenvalue weighted by Gasteiger charge is -2.41. The monoisotopic (exact) mass is 945 g/mol. The number of hydrazine groups is 1. The molecule has 3 amide bonds. The number of amides is 3. The van der Waals surface area contributed by atoms with Crippen LogP contribution in [-0.2, 0) is 48.0 Å². The van der Waals surface area contributed by atoms with E-state index in [1.807, 2.05) is 23.3 Å². The number of nitrogens with zero attached hydrogens (tertiary/aromatic N) is 7. The molecule has 362 valence electrons. The Kier molecular flexibility index (Phi) is 13.6. The highest BCUT2D eigenvalue weighted by Crippen LogP contribution is 2.43. The topological polar surface area (TPSA) is 154 Å². The van der Waals surface area contributed by atoms with Crippen molar-refractivity contribution in [1.82, 2.24) is 45.0 Å². The molecule has 4 fully saturated rings. The van der Waals surface area contributed by atoms with Gasteiger partial charge >= 0.3 is 5.97 Å². The van der Waals surface area contributed by atoms with Crippen LogP contribution in [0.3, 0.4) is 0 Å². The molecule has 0 unspecified atom stereocenters. The standard InChI is InChI=1S/C52H67N9O6S/c1-8-60-42-15-14-35-26-37(42)38(47(60)36-12-9-20-53-46(36)34(2)66-7)28-50(3,4)33-67-49(65)39-13-10-23-61(56-39)48(64)40(27-44-55-41(35)30-68-44)54-43(62)29-57-24-18-52(31-57)19-25-58(32-52)45(63)16-17-51(5,6)59-21-11-22-59/h9,12,14-15,20,26,30,34,39-40,56H,8,10-11,13,18-19,21-25,27-29,31-33H2,1-7H3,(H,54,62)/t34-,39-,40-,52+/m0/s1. The number of esters is 1. The van der Waals surface area contributed by atoms with Gasteiger partial charge in [0.1, 0.15) is 12.1 Å². The average Bonchev–Trinajstić information content (AvgIpc) is 4.11. The van der Waals surface area contributed by atoms with Crippen LogP contribution in [0.4, 0.5) is 0 Å². The van der Waals surface area contributed by atoms with Gasteiger partial charge in [0, 0.05) is 104 Å². The van der Waals surface area contributed by atoms with Crippen molar-refractivity contribution in [2.24, 2.45) is 10.8 Å². The zero-order valence-corrected chi connectivity index (χ0v) is 41.6. The highest BCUT2D eigenvalue weighted by atomic mass is 32.1. The minimum atomic E-state index is -0.935. The van der Waals surface area contributed by atoms with Crippen molar-refractivity contribution in [1.29, 1.82) is 0 Å². The maximum atomic E-state index is 14.5. The number of cyclic esters (lactones) is 1. The van der Waals surface area contributed by atoms with Gasteiger partial charge < -0.3 is 24.3 Å². The summed E-state index contributed by atoms with van der Waals surface area (Å²) in [4.78, 5) is 71.9. The second-order valence-corrected chi connectivity index (χ2v) is 21.9. The van der Waals surface area contributed by atoms with Crippen LogP contribution in [0.1, 0.15) is 96.0 Å². The first-order valence-corrected chi connectivity index (χ1v) is 25.3. The number of aryl methyl sites for hydroxylation is 1. The quantitative estimate of drug-likeness (QED) is 0.167. The molecule has 6 bridgehead atoms. The van der Waals surface area contributed by atoms with E-state index in [1.165, 1.54) is 22.8 Å². The van der Waals surface area contributed by atoms with Crippen LogP contribution in [0.2, 0.25) is 0 Å². The lowest BCUT2D eigenvalue weighted by molar-refractivity contribution is -0.155.